The molecule has 1 saturated heterocycles. The van der Waals surface area contributed by atoms with Crippen molar-refractivity contribution >= 4 is 28.0 Å². The van der Waals surface area contributed by atoms with Gasteiger partial charge in [0.2, 0.25) is 0 Å². The lowest BCUT2D eigenvalue weighted by Crippen LogP contribution is -2.42. The Kier molecular flexibility index (Phi) is 5.04. The van der Waals surface area contributed by atoms with Crippen molar-refractivity contribution in [3.05, 3.63) is 34.3 Å². The number of hydrogen-bond donors (Lipinski definition) is 0. The van der Waals surface area contributed by atoms with Crippen LogP contribution in [0.2, 0.25) is 0 Å². The van der Waals surface area contributed by atoms with E-state index in [1.165, 1.54) is 7.11 Å². The summed E-state index contributed by atoms with van der Waals surface area (Å²) in [5, 5.41) is 0. The molecule has 0 saturated carbocycles. The first-order valence-corrected chi connectivity index (χ1v) is 8.30. The van der Waals surface area contributed by atoms with Crippen LogP contribution in [0, 0.1) is 0 Å². The minimum Gasteiger partial charge on any atom is -0.468 e. The number of esters is 1. The molecule has 1 fully saturated rings. The number of benzene rings is 1. The average Bonchev–Trinajstić information content (AvgIpc) is 2.92. The van der Waals surface area contributed by atoms with Crippen molar-refractivity contribution in [1.29, 1.82) is 0 Å². The summed E-state index contributed by atoms with van der Waals surface area (Å²) in [5.41, 5.74) is -0.559. The molecule has 1 heterocycles. The van der Waals surface area contributed by atoms with Crippen molar-refractivity contribution < 1.29 is 19.1 Å². The summed E-state index contributed by atoms with van der Waals surface area (Å²) in [4.78, 5) is 26.3. The van der Waals surface area contributed by atoms with Crippen LogP contribution < -0.4 is 0 Å². The van der Waals surface area contributed by atoms with Gasteiger partial charge < -0.3 is 14.4 Å². The molecule has 2 rings (SSSR count). The Bertz CT molecular complexity index is 594. The molecule has 0 aliphatic carbocycles. The molecular weight excluding hydrogens is 362 g/mol. The summed E-state index contributed by atoms with van der Waals surface area (Å²) < 4.78 is 11.4. The molecule has 1 unspecified atom stereocenters. The normalized spacial score (nSPS) is 21.2. The lowest BCUT2D eigenvalue weighted by atomic mass is 9.80. The van der Waals surface area contributed by atoms with Crippen LogP contribution in [0.5, 0.6) is 0 Å². The SMILES string of the molecule is COC(=O)C1(c2ccc(Br)cc2)CCN(C(=O)OC(C)(C)C)C1. The highest BCUT2D eigenvalue weighted by Gasteiger charge is 2.49. The Balaban J connectivity index is 2.27. The smallest absolute Gasteiger partial charge is 0.410 e. The van der Waals surface area contributed by atoms with Crippen molar-refractivity contribution in [3.8, 4) is 0 Å². The molecule has 126 valence electrons. The first kappa shape index (κ1) is 17.8. The van der Waals surface area contributed by atoms with Crippen molar-refractivity contribution in [1.82, 2.24) is 4.90 Å². The van der Waals surface area contributed by atoms with Gasteiger partial charge in [0, 0.05) is 17.6 Å². The third kappa shape index (κ3) is 3.86. The number of carbonyl (C=O) groups is 2. The van der Waals surface area contributed by atoms with Gasteiger partial charge in [0.05, 0.1) is 7.11 Å². The summed E-state index contributed by atoms with van der Waals surface area (Å²) in [6.45, 7) is 6.19. The minimum absolute atomic E-state index is 0.260. The Morgan fingerprint density at radius 3 is 2.35 bits per heavy atom. The number of halogens is 1. The summed E-state index contributed by atoms with van der Waals surface area (Å²) >= 11 is 3.39. The lowest BCUT2D eigenvalue weighted by molar-refractivity contribution is -0.147. The van der Waals surface area contributed by atoms with Crippen LogP contribution in [-0.4, -0.2) is 42.8 Å². The van der Waals surface area contributed by atoms with Crippen molar-refractivity contribution in [2.75, 3.05) is 20.2 Å². The first-order chi connectivity index (χ1) is 10.7. The van der Waals surface area contributed by atoms with E-state index in [0.717, 1.165) is 10.0 Å². The molecule has 1 amide bonds. The highest BCUT2D eigenvalue weighted by atomic mass is 79.9. The van der Waals surface area contributed by atoms with E-state index in [0.29, 0.717) is 13.0 Å². The van der Waals surface area contributed by atoms with Crippen LogP contribution in [0.15, 0.2) is 28.7 Å². The molecule has 6 heteroatoms. The molecule has 0 radical (unpaired) electrons. The molecule has 0 aromatic heterocycles. The van der Waals surface area contributed by atoms with Crippen molar-refractivity contribution in [2.45, 2.75) is 38.2 Å². The molecular formula is C17H22BrNO4. The summed E-state index contributed by atoms with van der Waals surface area (Å²) in [7, 11) is 1.37. The monoisotopic (exact) mass is 383 g/mol. The summed E-state index contributed by atoms with van der Waals surface area (Å²) in [6.07, 6.45) is 0.112. The zero-order chi connectivity index (χ0) is 17.3. The van der Waals surface area contributed by atoms with Crippen LogP contribution in [0.3, 0.4) is 0 Å². The van der Waals surface area contributed by atoms with Gasteiger partial charge in [0.15, 0.2) is 0 Å². The number of likely N-dealkylation sites (tertiary alicyclic amines) is 1. The first-order valence-electron chi connectivity index (χ1n) is 7.50. The van der Waals surface area contributed by atoms with E-state index >= 15 is 0 Å². The third-order valence-corrected chi connectivity index (χ3v) is 4.42. The molecule has 1 atom stereocenters. The third-order valence-electron chi connectivity index (χ3n) is 3.89. The number of methoxy groups -OCH3 is 1. The average molecular weight is 384 g/mol. The van der Waals surface area contributed by atoms with E-state index < -0.39 is 17.1 Å². The second-order valence-electron chi connectivity index (χ2n) is 6.73. The second kappa shape index (κ2) is 6.51. The number of rotatable bonds is 2. The number of hydrogen-bond acceptors (Lipinski definition) is 4. The molecule has 23 heavy (non-hydrogen) atoms. The Hall–Kier alpha value is -1.56. The highest BCUT2D eigenvalue weighted by Crippen LogP contribution is 2.37. The molecule has 1 aliphatic rings. The Labute approximate surface area is 145 Å². The molecule has 0 spiro atoms. The van der Waals surface area contributed by atoms with E-state index in [2.05, 4.69) is 15.9 Å². The second-order valence-corrected chi connectivity index (χ2v) is 7.65. The fourth-order valence-electron chi connectivity index (χ4n) is 2.78. The van der Waals surface area contributed by atoms with Gasteiger partial charge in [-0.1, -0.05) is 28.1 Å². The molecule has 5 nitrogen and oxygen atoms in total. The quantitative estimate of drug-likeness (QED) is 0.733. The van der Waals surface area contributed by atoms with E-state index in [1.54, 1.807) is 4.90 Å². The van der Waals surface area contributed by atoms with Gasteiger partial charge in [-0.25, -0.2) is 4.79 Å². The summed E-state index contributed by atoms with van der Waals surface area (Å²) in [6, 6.07) is 7.55. The lowest BCUT2D eigenvalue weighted by Gasteiger charge is -2.28. The number of carbonyl (C=O) groups excluding carboxylic acids is 2. The van der Waals surface area contributed by atoms with Gasteiger partial charge in [-0.05, 0) is 44.9 Å². The van der Waals surface area contributed by atoms with Crippen LogP contribution in [0.25, 0.3) is 0 Å². The van der Waals surface area contributed by atoms with Gasteiger partial charge in [-0.2, -0.15) is 0 Å². The maximum Gasteiger partial charge on any atom is 0.410 e. The summed E-state index contributed by atoms with van der Waals surface area (Å²) in [5.74, 6) is -0.328. The van der Waals surface area contributed by atoms with Gasteiger partial charge in [0.25, 0.3) is 0 Å². The maximum atomic E-state index is 12.5. The highest BCUT2D eigenvalue weighted by molar-refractivity contribution is 9.10. The predicted octanol–water partition coefficient (Wildman–Crippen LogP) is 3.50. The van der Waals surface area contributed by atoms with Crippen molar-refractivity contribution in [2.24, 2.45) is 0 Å². The largest absolute Gasteiger partial charge is 0.468 e. The van der Waals surface area contributed by atoms with Crippen LogP contribution >= 0.6 is 15.9 Å². The van der Waals surface area contributed by atoms with E-state index in [9.17, 15) is 9.59 Å². The van der Waals surface area contributed by atoms with Crippen LogP contribution in [0.4, 0.5) is 4.79 Å². The van der Waals surface area contributed by atoms with E-state index in [1.807, 2.05) is 45.0 Å². The zero-order valence-corrected chi connectivity index (χ0v) is 15.5. The van der Waals surface area contributed by atoms with Crippen LogP contribution in [-0.2, 0) is 19.7 Å². The zero-order valence-electron chi connectivity index (χ0n) is 13.9. The fourth-order valence-corrected chi connectivity index (χ4v) is 3.04. The minimum atomic E-state index is -0.841. The standard InChI is InChI=1S/C17H22BrNO4/c1-16(2,3)23-15(21)19-10-9-17(11-19,14(20)22-4)12-5-7-13(18)8-6-12/h5-8H,9-11H2,1-4H3. The van der Waals surface area contributed by atoms with Gasteiger partial charge in [0.1, 0.15) is 11.0 Å². The van der Waals surface area contributed by atoms with Crippen molar-refractivity contribution in [3.63, 3.8) is 0 Å². The van der Waals surface area contributed by atoms with E-state index in [4.69, 9.17) is 9.47 Å². The number of amides is 1. The topological polar surface area (TPSA) is 55.8 Å². The predicted molar refractivity (Wildman–Crippen MR) is 90.3 cm³/mol. The molecule has 1 aromatic carbocycles. The maximum absolute atomic E-state index is 12.5. The Morgan fingerprint density at radius 1 is 1.22 bits per heavy atom. The number of nitrogens with zero attached hydrogens (tertiary/aromatic N) is 1. The van der Waals surface area contributed by atoms with Gasteiger partial charge in [-0.3, -0.25) is 4.79 Å². The number of ether oxygens (including phenoxy) is 2. The molecule has 0 N–H and O–H groups in total. The fraction of sp³-hybridized carbons (Fsp3) is 0.529. The molecule has 1 aliphatic heterocycles. The molecule has 0 bridgehead atoms. The van der Waals surface area contributed by atoms with Gasteiger partial charge >= 0.3 is 12.1 Å². The van der Waals surface area contributed by atoms with Crippen LogP contribution in [0.1, 0.15) is 32.8 Å². The molecule has 1 aromatic rings. The van der Waals surface area contributed by atoms with Gasteiger partial charge in [-0.15, -0.1) is 0 Å². The Morgan fingerprint density at radius 2 is 1.83 bits per heavy atom. The van der Waals surface area contributed by atoms with E-state index in [-0.39, 0.29) is 12.5 Å².